The lowest BCUT2D eigenvalue weighted by Crippen LogP contribution is -2.16. The van der Waals surface area contributed by atoms with E-state index in [-0.39, 0.29) is 10.7 Å². The number of benzene rings is 1. The van der Waals surface area contributed by atoms with Crippen LogP contribution in [0.1, 0.15) is 6.42 Å². The second kappa shape index (κ2) is 4.75. The highest BCUT2D eigenvalue weighted by molar-refractivity contribution is 6.30. The van der Waals surface area contributed by atoms with E-state index in [1.54, 1.807) is 0 Å². The number of hydrogen-bond acceptors (Lipinski definition) is 2. The molecule has 0 unspecified atom stereocenters. The Bertz CT molecular complexity index is 408. The first-order valence-electron chi connectivity index (χ1n) is 3.95. The van der Waals surface area contributed by atoms with Crippen molar-refractivity contribution in [2.45, 2.75) is 6.42 Å². The van der Waals surface area contributed by atoms with Gasteiger partial charge in [0.15, 0.2) is 0 Å². The van der Waals surface area contributed by atoms with Gasteiger partial charge in [-0.2, -0.15) is 0 Å². The van der Waals surface area contributed by atoms with Gasteiger partial charge in [0.05, 0.1) is 5.69 Å². The molecule has 80 valence electrons. The summed E-state index contributed by atoms with van der Waals surface area (Å²) in [6.07, 6.45) is -0.706. The number of anilines is 1. The molecule has 0 bridgehead atoms. The van der Waals surface area contributed by atoms with Crippen molar-refractivity contribution in [1.82, 2.24) is 0 Å². The van der Waals surface area contributed by atoms with Gasteiger partial charge in [0, 0.05) is 5.02 Å². The summed E-state index contributed by atoms with van der Waals surface area (Å²) in [5, 5.41) is 10.6. The predicted molar refractivity (Wildman–Crippen MR) is 52.3 cm³/mol. The lowest BCUT2D eigenvalue weighted by Gasteiger charge is -2.04. The zero-order valence-electron chi connectivity index (χ0n) is 7.46. The molecule has 0 aliphatic carbocycles. The van der Waals surface area contributed by atoms with E-state index in [4.69, 9.17) is 16.7 Å². The Hall–Kier alpha value is -1.62. The number of rotatable bonds is 3. The third-order valence-corrected chi connectivity index (χ3v) is 1.75. The highest BCUT2D eigenvalue weighted by atomic mass is 35.5. The zero-order chi connectivity index (χ0) is 11.4. The Labute approximate surface area is 89.7 Å². The van der Waals surface area contributed by atoms with Crippen LogP contribution in [0.2, 0.25) is 5.02 Å². The average Bonchev–Trinajstić information content (AvgIpc) is 2.08. The minimum Gasteiger partial charge on any atom is -0.481 e. The molecule has 0 spiro atoms. The van der Waals surface area contributed by atoms with E-state index >= 15 is 0 Å². The highest BCUT2D eigenvalue weighted by Gasteiger charge is 2.10. The number of halogens is 2. The molecule has 0 saturated carbocycles. The summed E-state index contributed by atoms with van der Waals surface area (Å²) in [4.78, 5) is 21.1. The number of aliphatic carboxylic acids is 1. The number of carbonyl (C=O) groups excluding carboxylic acids is 1. The van der Waals surface area contributed by atoms with Crippen LogP contribution in [0.4, 0.5) is 10.1 Å². The Morgan fingerprint density at radius 3 is 2.67 bits per heavy atom. The molecule has 1 aromatic carbocycles. The molecule has 0 atom stereocenters. The summed E-state index contributed by atoms with van der Waals surface area (Å²) >= 11 is 5.49. The maximum Gasteiger partial charge on any atom is 0.312 e. The van der Waals surface area contributed by atoms with E-state index in [1.165, 1.54) is 12.1 Å². The fourth-order valence-electron chi connectivity index (χ4n) is 0.923. The number of amides is 1. The van der Waals surface area contributed by atoms with Crippen LogP contribution in [-0.2, 0) is 9.59 Å². The first-order valence-corrected chi connectivity index (χ1v) is 4.33. The zero-order valence-corrected chi connectivity index (χ0v) is 8.21. The summed E-state index contributed by atoms with van der Waals surface area (Å²) in [7, 11) is 0. The summed E-state index contributed by atoms with van der Waals surface area (Å²) in [5.74, 6) is -2.77. The molecule has 4 nitrogen and oxygen atoms in total. The Morgan fingerprint density at radius 2 is 2.13 bits per heavy atom. The van der Waals surface area contributed by atoms with Crippen molar-refractivity contribution in [2.75, 3.05) is 5.32 Å². The maximum atomic E-state index is 13.1. The van der Waals surface area contributed by atoms with Gasteiger partial charge in [0.25, 0.3) is 0 Å². The van der Waals surface area contributed by atoms with Gasteiger partial charge in [0.2, 0.25) is 5.91 Å². The van der Waals surface area contributed by atoms with Crippen molar-refractivity contribution in [3.8, 4) is 0 Å². The van der Waals surface area contributed by atoms with Crippen molar-refractivity contribution in [2.24, 2.45) is 0 Å². The minimum atomic E-state index is -1.28. The van der Waals surface area contributed by atoms with E-state index in [9.17, 15) is 14.0 Å². The van der Waals surface area contributed by atoms with Gasteiger partial charge in [-0.25, -0.2) is 4.39 Å². The number of nitrogens with one attached hydrogen (secondary N) is 1. The first-order chi connectivity index (χ1) is 6.99. The Balaban J connectivity index is 2.72. The van der Waals surface area contributed by atoms with E-state index in [0.717, 1.165) is 6.07 Å². The van der Waals surface area contributed by atoms with Gasteiger partial charge in [-0.15, -0.1) is 0 Å². The van der Waals surface area contributed by atoms with E-state index in [0.29, 0.717) is 0 Å². The van der Waals surface area contributed by atoms with Crippen LogP contribution in [0.15, 0.2) is 18.2 Å². The fraction of sp³-hybridized carbons (Fsp3) is 0.111. The predicted octanol–water partition coefficient (Wildman–Crippen LogP) is 1.89. The summed E-state index contributed by atoms with van der Waals surface area (Å²) in [5.41, 5.74) is -0.0920. The van der Waals surface area contributed by atoms with Gasteiger partial charge in [-0.3, -0.25) is 9.59 Å². The lowest BCUT2D eigenvalue weighted by molar-refractivity contribution is -0.139. The molecule has 0 aromatic heterocycles. The van der Waals surface area contributed by atoms with Crippen LogP contribution in [0.3, 0.4) is 0 Å². The molecule has 0 heterocycles. The normalized spacial score (nSPS) is 9.73. The third-order valence-electron chi connectivity index (χ3n) is 1.52. The van der Waals surface area contributed by atoms with Gasteiger partial charge in [-0.1, -0.05) is 11.6 Å². The molecule has 0 aliphatic rings. The molecular formula is C9H7ClFNO3. The standard InChI is InChI=1S/C9H7ClFNO3/c10-5-1-2-7(6(11)3-5)12-8(13)4-9(14)15/h1-3H,4H2,(H,12,13)(H,14,15). The van der Waals surface area contributed by atoms with Crippen molar-refractivity contribution >= 4 is 29.2 Å². The van der Waals surface area contributed by atoms with Crippen LogP contribution >= 0.6 is 11.6 Å². The van der Waals surface area contributed by atoms with Crippen molar-refractivity contribution in [3.05, 3.63) is 29.0 Å². The first kappa shape index (κ1) is 11.5. The summed E-state index contributed by atoms with van der Waals surface area (Å²) in [6, 6.07) is 3.68. The Kier molecular flexibility index (Phi) is 3.62. The lowest BCUT2D eigenvalue weighted by atomic mass is 10.3. The van der Waals surface area contributed by atoms with Crippen molar-refractivity contribution in [3.63, 3.8) is 0 Å². The molecule has 1 amide bonds. The number of carboxylic acids is 1. The van der Waals surface area contributed by atoms with E-state index in [2.05, 4.69) is 5.32 Å². The van der Waals surface area contributed by atoms with E-state index < -0.39 is 24.1 Å². The number of carboxylic acid groups (broad SMARTS) is 1. The third kappa shape index (κ3) is 3.55. The molecule has 1 rings (SSSR count). The van der Waals surface area contributed by atoms with Crippen LogP contribution in [0.25, 0.3) is 0 Å². The van der Waals surface area contributed by atoms with Crippen molar-refractivity contribution in [1.29, 1.82) is 0 Å². The molecule has 6 heteroatoms. The molecular weight excluding hydrogens is 225 g/mol. The van der Waals surface area contributed by atoms with Crippen LogP contribution in [0.5, 0.6) is 0 Å². The summed E-state index contributed by atoms with van der Waals surface area (Å²) < 4.78 is 13.1. The molecule has 0 saturated heterocycles. The SMILES string of the molecule is O=C(O)CC(=O)Nc1ccc(Cl)cc1F. The quantitative estimate of drug-likeness (QED) is 0.781. The maximum absolute atomic E-state index is 13.1. The molecule has 0 aliphatic heterocycles. The van der Waals surface area contributed by atoms with Crippen molar-refractivity contribution < 1.29 is 19.1 Å². The van der Waals surface area contributed by atoms with Crippen LogP contribution < -0.4 is 5.32 Å². The number of carbonyl (C=O) groups is 2. The topological polar surface area (TPSA) is 66.4 Å². The monoisotopic (exact) mass is 231 g/mol. The molecule has 0 radical (unpaired) electrons. The van der Waals surface area contributed by atoms with E-state index in [1.807, 2.05) is 0 Å². The molecule has 1 aromatic rings. The molecule has 0 fully saturated rings. The Morgan fingerprint density at radius 1 is 1.47 bits per heavy atom. The largest absolute Gasteiger partial charge is 0.481 e. The van der Waals surface area contributed by atoms with Gasteiger partial charge in [0.1, 0.15) is 12.2 Å². The summed E-state index contributed by atoms with van der Waals surface area (Å²) in [6.45, 7) is 0. The van der Waals surface area contributed by atoms with Crippen LogP contribution in [0, 0.1) is 5.82 Å². The van der Waals surface area contributed by atoms with Crippen LogP contribution in [-0.4, -0.2) is 17.0 Å². The highest BCUT2D eigenvalue weighted by Crippen LogP contribution is 2.18. The minimum absolute atomic E-state index is 0.0920. The molecule has 15 heavy (non-hydrogen) atoms. The second-order valence-corrected chi connectivity index (χ2v) is 3.18. The smallest absolute Gasteiger partial charge is 0.312 e. The van der Waals surface area contributed by atoms with Gasteiger partial charge in [-0.05, 0) is 18.2 Å². The molecule has 2 N–H and O–H groups in total. The average molecular weight is 232 g/mol. The van der Waals surface area contributed by atoms with Gasteiger partial charge < -0.3 is 10.4 Å². The fourth-order valence-corrected chi connectivity index (χ4v) is 1.08. The second-order valence-electron chi connectivity index (χ2n) is 2.74. The van der Waals surface area contributed by atoms with Gasteiger partial charge >= 0.3 is 5.97 Å². The number of hydrogen-bond donors (Lipinski definition) is 2.